The van der Waals surface area contributed by atoms with Gasteiger partial charge in [-0.2, -0.15) is 0 Å². The molecule has 3 nitrogen and oxygen atoms in total. The van der Waals surface area contributed by atoms with Gasteiger partial charge in [-0.05, 0) is 37.8 Å². The SMILES string of the molecule is CCC(C)(C)OS(=O)c1cccc2cccc(N)c12. The Balaban J connectivity index is 2.48. The van der Waals surface area contributed by atoms with Gasteiger partial charge in [-0.1, -0.05) is 31.2 Å². The Kier molecular flexibility index (Phi) is 3.92. The van der Waals surface area contributed by atoms with E-state index in [0.717, 1.165) is 17.2 Å². The third-order valence-electron chi connectivity index (χ3n) is 3.23. The van der Waals surface area contributed by atoms with Gasteiger partial charge in [-0.25, -0.2) is 4.21 Å². The van der Waals surface area contributed by atoms with E-state index in [-0.39, 0.29) is 0 Å². The van der Waals surface area contributed by atoms with Crippen LogP contribution in [0.15, 0.2) is 41.3 Å². The van der Waals surface area contributed by atoms with Crippen LogP contribution in [0.4, 0.5) is 5.69 Å². The summed E-state index contributed by atoms with van der Waals surface area (Å²) in [6, 6.07) is 11.3. The monoisotopic (exact) mass is 277 g/mol. The Morgan fingerprint density at radius 3 is 2.47 bits per heavy atom. The van der Waals surface area contributed by atoms with Crippen LogP contribution in [0, 0.1) is 0 Å². The Morgan fingerprint density at radius 1 is 1.21 bits per heavy atom. The van der Waals surface area contributed by atoms with Crippen molar-refractivity contribution in [2.24, 2.45) is 0 Å². The highest BCUT2D eigenvalue weighted by Gasteiger charge is 2.22. The lowest BCUT2D eigenvalue weighted by Crippen LogP contribution is -2.24. The largest absolute Gasteiger partial charge is 0.398 e. The smallest absolute Gasteiger partial charge is 0.190 e. The molecule has 2 aromatic carbocycles. The minimum absolute atomic E-state index is 0.420. The molecule has 0 heterocycles. The van der Waals surface area contributed by atoms with Crippen LogP contribution in [0.5, 0.6) is 0 Å². The van der Waals surface area contributed by atoms with Crippen LogP contribution in [-0.4, -0.2) is 9.81 Å². The van der Waals surface area contributed by atoms with Gasteiger partial charge >= 0.3 is 0 Å². The van der Waals surface area contributed by atoms with E-state index in [4.69, 9.17) is 9.92 Å². The normalized spacial score (nSPS) is 13.6. The van der Waals surface area contributed by atoms with E-state index in [1.54, 1.807) is 6.07 Å². The number of anilines is 1. The van der Waals surface area contributed by atoms with Gasteiger partial charge in [0.25, 0.3) is 0 Å². The van der Waals surface area contributed by atoms with Gasteiger partial charge in [-0.15, -0.1) is 0 Å². The van der Waals surface area contributed by atoms with Crippen LogP contribution in [0.3, 0.4) is 0 Å². The molecule has 0 bridgehead atoms. The fraction of sp³-hybridized carbons (Fsp3) is 0.333. The number of nitrogens with two attached hydrogens (primary N) is 1. The third-order valence-corrected chi connectivity index (χ3v) is 4.53. The van der Waals surface area contributed by atoms with Crippen molar-refractivity contribution >= 4 is 27.5 Å². The summed E-state index contributed by atoms with van der Waals surface area (Å²) in [6.45, 7) is 5.87. The van der Waals surface area contributed by atoms with E-state index in [1.165, 1.54) is 0 Å². The van der Waals surface area contributed by atoms with Gasteiger partial charge in [0.1, 0.15) is 0 Å². The minimum Gasteiger partial charge on any atom is -0.398 e. The zero-order valence-corrected chi connectivity index (χ0v) is 12.3. The summed E-state index contributed by atoms with van der Waals surface area (Å²) in [7, 11) is 0. The molecule has 2 N–H and O–H groups in total. The first-order chi connectivity index (χ1) is 8.94. The summed E-state index contributed by atoms with van der Waals surface area (Å²) in [6.07, 6.45) is 0.791. The predicted molar refractivity (Wildman–Crippen MR) is 80.2 cm³/mol. The number of hydrogen-bond acceptors (Lipinski definition) is 3. The maximum atomic E-state index is 12.4. The molecule has 19 heavy (non-hydrogen) atoms. The molecule has 0 aliphatic heterocycles. The van der Waals surface area contributed by atoms with Crippen LogP contribution in [0.2, 0.25) is 0 Å². The van der Waals surface area contributed by atoms with E-state index in [0.29, 0.717) is 10.6 Å². The van der Waals surface area contributed by atoms with Crippen LogP contribution >= 0.6 is 0 Å². The summed E-state index contributed by atoms with van der Waals surface area (Å²) in [4.78, 5) is 0.636. The fourth-order valence-electron chi connectivity index (χ4n) is 1.78. The van der Waals surface area contributed by atoms with Gasteiger partial charge in [0.15, 0.2) is 11.1 Å². The maximum Gasteiger partial charge on any atom is 0.190 e. The van der Waals surface area contributed by atoms with E-state index < -0.39 is 16.7 Å². The topological polar surface area (TPSA) is 52.3 Å². The number of nitrogen functional groups attached to an aromatic ring is 1. The second-order valence-corrected chi connectivity index (χ2v) is 6.21. The van der Waals surface area contributed by atoms with Gasteiger partial charge in [-0.3, -0.25) is 4.18 Å². The quantitative estimate of drug-likeness (QED) is 0.868. The molecule has 1 unspecified atom stereocenters. The molecular weight excluding hydrogens is 258 g/mol. The zero-order valence-electron chi connectivity index (χ0n) is 11.5. The lowest BCUT2D eigenvalue weighted by Gasteiger charge is -2.22. The molecule has 0 aliphatic rings. The Morgan fingerprint density at radius 2 is 1.84 bits per heavy atom. The third kappa shape index (κ3) is 2.96. The van der Waals surface area contributed by atoms with Gasteiger partial charge in [0.2, 0.25) is 0 Å². The second kappa shape index (κ2) is 5.31. The first kappa shape index (κ1) is 14.0. The van der Waals surface area contributed by atoms with E-state index in [2.05, 4.69) is 0 Å². The molecule has 0 fully saturated rings. The average Bonchev–Trinajstić information content (AvgIpc) is 2.38. The highest BCUT2D eigenvalue weighted by molar-refractivity contribution is 7.80. The molecule has 0 aliphatic carbocycles. The second-order valence-electron chi connectivity index (χ2n) is 5.13. The van der Waals surface area contributed by atoms with Crippen molar-refractivity contribution < 1.29 is 8.39 Å². The summed E-state index contributed by atoms with van der Waals surface area (Å²) >= 11 is -1.52. The van der Waals surface area contributed by atoms with Crippen molar-refractivity contribution in [1.29, 1.82) is 0 Å². The molecule has 0 saturated heterocycles. The molecule has 4 heteroatoms. The van der Waals surface area contributed by atoms with Gasteiger partial charge < -0.3 is 5.73 Å². The zero-order chi connectivity index (χ0) is 14.0. The van der Waals surface area contributed by atoms with E-state index >= 15 is 0 Å². The highest BCUT2D eigenvalue weighted by Crippen LogP contribution is 2.29. The molecule has 0 aromatic heterocycles. The summed E-state index contributed by atoms with van der Waals surface area (Å²) in [5.41, 5.74) is 6.21. The molecule has 2 rings (SSSR count). The van der Waals surface area contributed by atoms with Crippen LogP contribution in [-0.2, 0) is 15.3 Å². The van der Waals surface area contributed by atoms with Crippen LogP contribution < -0.4 is 5.73 Å². The lowest BCUT2D eigenvalue weighted by atomic mass is 10.1. The van der Waals surface area contributed by atoms with Crippen molar-refractivity contribution in [2.75, 3.05) is 5.73 Å². The molecule has 0 spiro atoms. The molecule has 0 radical (unpaired) electrons. The Hall–Kier alpha value is -1.39. The highest BCUT2D eigenvalue weighted by atomic mass is 32.2. The molecule has 2 aromatic rings. The van der Waals surface area contributed by atoms with Crippen molar-refractivity contribution in [3.63, 3.8) is 0 Å². The number of benzene rings is 2. The van der Waals surface area contributed by atoms with Crippen LogP contribution in [0.1, 0.15) is 27.2 Å². The lowest BCUT2D eigenvalue weighted by molar-refractivity contribution is 0.125. The first-order valence-electron chi connectivity index (χ1n) is 6.33. The van der Waals surface area contributed by atoms with Crippen molar-refractivity contribution in [1.82, 2.24) is 0 Å². The number of hydrogen-bond donors (Lipinski definition) is 1. The number of fused-ring (bicyclic) bond motifs is 1. The molecule has 0 saturated carbocycles. The van der Waals surface area contributed by atoms with Crippen molar-refractivity contribution in [2.45, 2.75) is 37.7 Å². The maximum absolute atomic E-state index is 12.4. The standard InChI is InChI=1S/C15H19NO2S/c1-4-15(2,3)18-19(17)13-10-6-8-11-7-5-9-12(16)14(11)13/h5-10H,4,16H2,1-3H3. The Labute approximate surface area is 116 Å². The minimum atomic E-state index is -1.52. The summed E-state index contributed by atoms with van der Waals surface area (Å²) in [5.74, 6) is 0. The van der Waals surface area contributed by atoms with E-state index in [1.807, 2.05) is 51.1 Å². The summed E-state index contributed by atoms with van der Waals surface area (Å²) in [5, 5.41) is 1.79. The van der Waals surface area contributed by atoms with Crippen molar-refractivity contribution in [3.05, 3.63) is 36.4 Å². The summed E-state index contributed by atoms with van der Waals surface area (Å²) < 4.78 is 18.1. The fourth-order valence-corrected chi connectivity index (χ4v) is 2.99. The van der Waals surface area contributed by atoms with Crippen LogP contribution in [0.25, 0.3) is 10.8 Å². The average molecular weight is 277 g/mol. The molecule has 102 valence electrons. The molecule has 0 amide bonds. The Bertz CT molecular complexity index is 617. The van der Waals surface area contributed by atoms with Gasteiger partial charge in [0, 0.05) is 11.1 Å². The van der Waals surface area contributed by atoms with E-state index in [9.17, 15) is 4.21 Å². The predicted octanol–water partition coefficient (Wildman–Crippen LogP) is 3.65. The molecular formula is C15H19NO2S. The number of rotatable bonds is 4. The van der Waals surface area contributed by atoms with Crippen molar-refractivity contribution in [3.8, 4) is 0 Å². The first-order valence-corrected chi connectivity index (χ1v) is 7.40. The van der Waals surface area contributed by atoms with Gasteiger partial charge in [0.05, 0.1) is 10.5 Å². The molecule has 1 atom stereocenters.